The number of phenolic OH excluding ortho intramolecular Hbond substituents is 1. The minimum Gasteiger partial charge on any atom is -0.507 e. The molecule has 1 unspecified atom stereocenters. The normalized spacial score (nSPS) is 16.1. The van der Waals surface area contributed by atoms with Crippen LogP contribution in [0.2, 0.25) is 0 Å². The number of amides is 3. The quantitative estimate of drug-likeness (QED) is 0.545. The summed E-state index contributed by atoms with van der Waals surface area (Å²) in [6.07, 6.45) is 1.08. The monoisotopic (exact) mass is 397 g/mol. The summed E-state index contributed by atoms with van der Waals surface area (Å²) in [7, 11) is 0. The Labute approximate surface area is 166 Å². The van der Waals surface area contributed by atoms with Gasteiger partial charge in [-0.15, -0.1) is 0 Å². The van der Waals surface area contributed by atoms with Crippen LogP contribution in [0, 0.1) is 12.7 Å². The van der Waals surface area contributed by atoms with E-state index in [0.29, 0.717) is 16.8 Å². The number of aromatic hydroxyl groups is 1. The maximum Gasteiger partial charge on any atom is 0.258 e. The van der Waals surface area contributed by atoms with Crippen LogP contribution in [-0.4, -0.2) is 40.8 Å². The number of hydrogen-bond acceptors (Lipinski definition) is 4. The average Bonchev–Trinajstić information content (AvgIpc) is 2.69. The first-order valence-electron chi connectivity index (χ1n) is 8.93. The molecule has 3 amide bonds. The molecule has 1 aliphatic heterocycles. The molecule has 1 saturated heterocycles. The Hall–Kier alpha value is -3.68. The topological polar surface area (TPSA) is 98.7 Å². The van der Waals surface area contributed by atoms with Gasteiger partial charge in [0.2, 0.25) is 11.8 Å². The van der Waals surface area contributed by atoms with Crippen LogP contribution in [-0.2, 0) is 9.59 Å². The predicted molar refractivity (Wildman–Crippen MR) is 105 cm³/mol. The molecule has 0 radical (unpaired) electrons. The summed E-state index contributed by atoms with van der Waals surface area (Å²) in [6.45, 7) is 5.47. The molecular weight excluding hydrogens is 377 g/mol. The molecular formula is C21H20FN3O4. The molecule has 0 spiro atoms. The number of hydrogen-bond donors (Lipinski definition) is 3. The van der Waals surface area contributed by atoms with Crippen molar-refractivity contribution in [2.24, 2.45) is 0 Å². The lowest BCUT2D eigenvalue weighted by Crippen LogP contribution is -2.52. The summed E-state index contributed by atoms with van der Waals surface area (Å²) in [5.74, 6) is -2.17. The number of carbonyl (C=O) groups is 3. The number of aryl methyl sites for hydroxylation is 1. The lowest BCUT2D eigenvalue weighted by Gasteiger charge is -2.36. The molecule has 1 atom stereocenters. The van der Waals surface area contributed by atoms with Crippen molar-refractivity contribution >= 4 is 23.4 Å². The second kappa shape index (κ2) is 8.14. The van der Waals surface area contributed by atoms with Gasteiger partial charge in [0.25, 0.3) is 5.91 Å². The fourth-order valence-electron chi connectivity index (χ4n) is 3.27. The second-order valence-electron chi connectivity index (χ2n) is 6.62. The largest absolute Gasteiger partial charge is 0.507 e. The molecule has 1 heterocycles. The molecule has 1 fully saturated rings. The Morgan fingerprint density at radius 3 is 2.76 bits per heavy atom. The van der Waals surface area contributed by atoms with Gasteiger partial charge in [-0.3, -0.25) is 14.4 Å². The minimum atomic E-state index is -0.970. The predicted octanol–water partition coefficient (Wildman–Crippen LogP) is 2.28. The van der Waals surface area contributed by atoms with Crippen LogP contribution in [0.5, 0.6) is 5.75 Å². The van der Waals surface area contributed by atoms with Crippen LogP contribution in [0.4, 0.5) is 10.1 Å². The lowest BCUT2D eigenvalue weighted by molar-refractivity contribution is -0.128. The smallest absolute Gasteiger partial charge is 0.258 e. The summed E-state index contributed by atoms with van der Waals surface area (Å²) in [4.78, 5) is 38.6. The van der Waals surface area contributed by atoms with Gasteiger partial charge < -0.3 is 20.6 Å². The molecule has 8 heteroatoms. The molecule has 7 nitrogen and oxygen atoms in total. The van der Waals surface area contributed by atoms with Crippen molar-refractivity contribution in [2.75, 3.05) is 18.4 Å². The highest BCUT2D eigenvalue weighted by atomic mass is 19.1. The number of phenols is 1. The number of piperazine rings is 1. The van der Waals surface area contributed by atoms with Crippen LogP contribution >= 0.6 is 0 Å². The molecule has 0 aromatic heterocycles. The average molecular weight is 397 g/mol. The summed E-state index contributed by atoms with van der Waals surface area (Å²) >= 11 is 0. The van der Waals surface area contributed by atoms with Gasteiger partial charge in [0.05, 0.1) is 5.56 Å². The summed E-state index contributed by atoms with van der Waals surface area (Å²) in [6, 6.07) is 7.09. The number of carbonyl (C=O) groups excluding carboxylic acids is 3. The molecule has 2 aromatic carbocycles. The number of rotatable bonds is 4. The van der Waals surface area contributed by atoms with Crippen LogP contribution in [0.15, 0.2) is 49.1 Å². The van der Waals surface area contributed by atoms with Gasteiger partial charge in [0.15, 0.2) is 0 Å². The molecule has 2 aromatic rings. The van der Waals surface area contributed by atoms with E-state index in [1.165, 1.54) is 41.3 Å². The van der Waals surface area contributed by atoms with Crippen LogP contribution < -0.4 is 10.6 Å². The Balaban J connectivity index is 1.99. The van der Waals surface area contributed by atoms with E-state index in [-0.39, 0.29) is 24.4 Å². The molecule has 0 saturated carbocycles. The van der Waals surface area contributed by atoms with Gasteiger partial charge >= 0.3 is 0 Å². The van der Waals surface area contributed by atoms with Crippen molar-refractivity contribution in [2.45, 2.75) is 13.0 Å². The van der Waals surface area contributed by atoms with Gasteiger partial charge in [-0.05, 0) is 54.5 Å². The van der Waals surface area contributed by atoms with E-state index < -0.39 is 29.6 Å². The van der Waals surface area contributed by atoms with Crippen LogP contribution in [0.1, 0.15) is 27.5 Å². The van der Waals surface area contributed by atoms with Crippen LogP contribution in [0.3, 0.4) is 0 Å². The number of benzene rings is 2. The third-order valence-electron chi connectivity index (χ3n) is 4.68. The molecule has 1 aliphatic rings. The maximum atomic E-state index is 13.5. The van der Waals surface area contributed by atoms with Gasteiger partial charge in [-0.1, -0.05) is 12.6 Å². The van der Waals surface area contributed by atoms with Crippen molar-refractivity contribution in [3.8, 4) is 5.75 Å². The van der Waals surface area contributed by atoms with E-state index in [9.17, 15) is 23.9 Å². The lowest BCUT2D eigenvalue weighted by atomic mass is 9.96. The molecule has 3 N–H and O–H groups in total. The van der Waals surface area contributed by atoms with Gasteiger partial charge in [0, 0.05) is 18.8 Å². The van der Waals surface area contributed by atoms with Crippen LogP contribution in [0.25, 0.3) is 0 Å². The van der Waals surface area contributed by atoms with Gasteiger partial charge in [0.1, 0.15) is 17.6 Å². The second-order valence-corrected chi connectivity index (χ2v) is 6.62. The van der Waals surface area contributed by atoms with Gasteiger partial charge in [-0.2, -0.15) is 0 Å². The van der Waals surface area contributed by atoms with E-state index >= 15 is 0 Å². The number of halogens is 1. The number of nitrogens with one attached hydrogen (secondary N) is 2. The molecule has 0 bridgehead atoms. The van der Waals surface area contributed by atoms with Crippen molar-refractivity contribution < 1.29 is 23.9 Å². The highest BCUT2D eigenvalue weighted by Crippen LogP contribution is 2.31. The molecule has 29 heavy (non-hydrogen) atoms. The SMILES string of the molecule is C=CC(=O)Nc1ccc(O)c(C(=O)N2CCNC(=O)C2c2ccc(F)cc2C)c1. The first-order valence-corrected chi connectivity index (χ1v) is 8.93. The van der Waals surface area contributed by atoms with Crippen molar-refractivity contribution in [3.63, 3.8) is 0 Å². The molecule has 150 valence electrons. The molecule has 3 rings (SSSR count). The third-order valence-corrected chi connectivity index (χ3v) is 4.68. The van der Waals surface area contributed by atoms with E-state index in [2.05, 4.69) is 17.2 Å². The van der Waals surface area contributed by atoms with Crippen molar-refractivity contribution in [3.05, 3.63) is 71.6 Å². The van der Waals surface area contributed by atoms with Crippen molar-refractivity contribution in [1.29, 1.82) is 0 Å². The summed E-state index contributed by atoms with van der Waals surface area (Å²) in [5.41, 5.74) is 1.26. The zero-order valence-electron chi connectivity index (χ0n) is 15.7. The van der Waals surface area contributed by atoms with E-state index in [1.807, 2.05) is 0 Å². The standard InChI is InChI=1S/C21H20FN3O4/c1-3-18(27)24-14-5-7-17(26)16(11-14)21(29)25-9-8-23-20(28)19(25)15-6-4-13(22)10-12(15)2/h3-7,10-11,19,26H,1,8-9H2,2H3,(H,23,28)(H,24,27). The van der Waals surface area contributed by atoms with Gasteiger partial charge in [-0.25, -0.2) is 4.39 Å². The first kappa shape index (κ1) is 20.1. The minimum absolute atomic E-state index is 0.0636. The van der Waals surface area contributed by atoms with Crippen molar-refractivity contribution in [1.82, 2.24) is 10.2 Å². The van der Waals surface area contributed by atoms with E-state index in [4.69, 9.17) is 0 Å². The van der Waals surface area contributed by atoms with E-state index in [0.717, 1.165) is 6.08 Å². The Kier molecular flexibility index (Phi) is 5.63. The highest BCUT2D eigenvalue weighted by Gasteiger charge is 2.36. The number of nitrogens with zero attached hydrogens (tertiary/aromatic N) is 1. The van der Waals surface area contributed by atoms with E-state index in [1.54, 1.807) is 6.92 Å². The fraction of sp³-hybridized carbons (Fsp3) is 0.190. The highest BCUT2D eigenvalue weighted by molar-refractivity contribution is 6.03. The third kappa shape index (κ3) is 4.11. The Bertz CT molecular complexity index is 1010. The molecule has 0 aliphatic carbocycles. The first-order chi connectivity index (χ1) is 13.8. The summed E-state index contributed by atoms with van der Waals surface area (Å²) < 4.78 is 13.5. The summed E-state index contributed by atoms with van der Waals surface area (Å²) in [5, 5.41) is 15.4. The Morgan fingerprint density at radius 1 is 1.31 bits per heavy atom. The zero-order valence-corrected chi connectivity index (χ0v) is 15.7. The fourth-order valence-corrected chi connectivity index (χ4v) is 3.27. The maximum absolute atomic E-state index is 13.5. The number of anilines is 1. The zero-order chi connectivity index (χ0) is 21.1. The Morgan fingerprint density at radius 2 is 2.07 bits per heavy atom.